The van der Waals surface area contributed by atoms with Gasteiger partial charge >= 0.3 is 0 Å². The van der Waals surface area contributed by atoms with Crippen molar-refractivity contribution in [1.29, 1.82) is 0 Å². The molecule has 0 spiro atoms. The first-order chi connectivity index (χ1) is 9.97. The van der Waals surface area contributed by atoms with Crippen LogP contribution in [0.5, 0.6) is 0 Å². The summed E-state index contributed by atoms with van der Waals surface area (Å²) in [5.74, 6) is -0.702. The highest BCUT2D eigenvalue weighted by Gasteiger charge is 2.31. The summed E-state index contributed by atoms with van der Waals surface area (Å²) in [4.78, 5) is 23.7. The van der Waals surface area contributed by atoms with Crippen molar-refractivity contribution in [1.82, 2.24) is 5.32 Å². The second-order valence-electron chi connectivity index (χ2n) is 5.68. The maximum absolute atomic E-state index is 13.5. The molecule has 0 saturated heterocycles. The lowest BCUT2D eigenvalue weighted by Crippen LogP contribution is -2.47. The normalized spacial score (nSPS) is 16.5. The number of benzene rings is 1. The Morgan fingerprint density at radius 3 is 2.52 bits per heavy atom. The van der Waals surface area contributed by atoms with Crippen LogP contribution in [0.1, 0.15) is 38.2 Å². The number of amides is 2. The Balaban J connectivity index is 2.09. The van der Waals surface area contributed by atoms with Gasteiger partial charge in [0.2, 0.25) is 11.8 Å². The molecule has 0 aromatic heterocycles. The molecule has 0 bridgehead atoms. The minimum atomic E-state index is -0.547. The summed E-state index contributed by atoms with van der Waals surface area (Å²) < 4.78 is 13.5. The van der Waals surface area contributed by atoms with Gasteiger partial charge in [0.1, 0.15) is 11.9 Å². The van der Waals surface area contributed by atoms with Crippen molar-refractivity contribution in [3.8, 4) is 0 Å². The van der Waals surface area contributed by atoms with Crippen LogP contribution in [0.25, 0.3) is 0 Å². The van der Waals surface area contributed by atoms with Crippen LogP contribution in [-0.2, 0) is 9.59 Å². The summed E-state index contributed by atoms with van der Waals surface area (Å²) in [6.45, 7) is 3.07. The van der Waals surface area contributed by atoms with Crippen LogP contribution in [0.4, 0.5) is 10.1 Å². The molecule has 1 fully saturated rings. The monoisotopic (exact) mass is 292 g/mol. The van der Waals surface area contributed by atoms with Crippen molar-refractivity contribution in [3.05, 3.63) is 29.6 Å². The summed E-state index contributed by atoms with van der Waals surface area (Å²) in [5, 5.41) is 5.42. The molecule has 1 saturated carbocycles. The fraction of sp³-hybridized carbons (Fsp3) is 0.500. The molecule has 2 N–H and O–H groups in total. The first kappa shape index (κ1) is 15.5. The van der Waals surface area contributed by atoms with Crippen molar-refractivity contribution in [3.63, 3.8) is 0 Å². The summed E-state index contributed by atoms with van der Waals surface area (Å²) in [7, 11) is 0. The van der Waals surface area contributed by atoms with Crippen LogP contribution >= 0.6 is 0 Å². The number of hydrogen-bond acceptors (Lipinski definition) is 2. The maximum atomic E-state index is 13.5. The second-order valence-corrected chi connectivity index (χ2v) is 5.68. The molecule has 5 heteroatoms. The summed E-state index contributed by atoms with van der Waals surface area (Å²) >= 11 is 0. The fourth-order valence-corrected chi connectivity index (χ4v) is 2.80. The first-order valence-electron chi connectivity index (χ1n) is 7.31. The van der Waals surface area contributed by atoms with Gasteiger partial charge in [0, 0.05) is 12.6 Å². The molecule has 0 radical (unpaired) electrons. The van der Waals surface area contributed by atoms with Gasteiger partial charge in [-0.2, -0.15) is 0 Å². The summed E-state index contributed by atoms with van der Waals surface area (Å²) in [6, 6.07) is 4.03. The van der Waals surface area contributed by atoms with Crippen LogP contribution in [0, 0.1) is 18.7 Å². The smallest absolute Gasteiger partial charge is 0.247 e. The quantitative estimate of drug-likeness (QED) is 0.896. The molecule has 2 amide bonds. The Hall–Kier alpha value is -1.91. The third kappa shape index (κ3) is 4.03. The molecule has 1 aromatic rings. The fourth-order valence-electron chi connectivity index (χ4n) is 2.80. The molecule has 0 aliphatic heterocycles. The van der Waals surface area contributed by atoms with Gasteiger partial charge in [0.05, 0.1) is 0 Å². The van der Waals surface area contributed by atoms with Crippen LogP contribution in [-0.4, -0.2) is 17.9 Å². The Kier molecular flexibility index (Phi) is 4.94. The van der Waals surface area contributed by atoms with E-state index in [4.69, 9.17) is 0 Å². The van der Waals surface area contributed by atoms with Gasteiger partial charge in [-0.1, -0.05) is 18.9 Å². The molecule has 21 heavy (non-hydrogen) atoms. The minimum Gasteiger partial charge on any atom is -0.344 e. The SMILES string of the molecule is CC(=O)NC(C(=O)Nc1ccc(C)c(F)c1)C1CCCC1. The number of rotatable bonds is 4. The van der Waals surface area contributed by atoms with E-state index in [1.807, 2.05) is 0 Å². The standard InChI is InChI=1S/C16H21FN2O2/c1-10-7-8-13(9-14(10)17)19-16(21)15(18-11(2)20)12-5-3-4-6-12/h7-9,12,15H,3-6H2,1-2H3,(H,18,20)(H,19,21). The third-order valence-corrected chi connectivity index (χ3v) is 3.95. The highest BCUT2D eigenvalue weighted by Crippen LogP contribution is 2.28. The minimum absolute atomic E-state index is 0.157. The van der Waals surface area contributed by atoms with Gasteiger partial charge in [-0.15, -0.1) is 0 Å². The van der Waals surface area contributed by atoms with E-state index in [0.717, 1.165) is 25.7 Å². The molecular weight excluding hydrogens is 271 g/mol. The number of carbonyl (C=O) groups excluding carboxylic acids is 2. The maximum Gasteiger partial charge on any atom is 0.247 e. The highest BCUT2D eigenvalue weighted by atomic mass is 19.1. The first-order valence-corrected chi connectivity index (χ1v) is 7.31. The second kappa shape index (κ2) is 6.70. The van der Waals surface area contributed by atoms with E-state index in [1.165, 1.54) is 13.0 Å². The average Bonchev–Trinajstić information content (AvgIpc) is 2.93. The number of hydrogen-bond donors (Lipinski definition) is 2. The molecule has 4 nitrogen and oxygen atoms in total. The number of anilines is 1. The topological polar surface area (TPSA) is 58.2 Å². The van der Waals surface area contributed by atoms with Crippen LogP contribution in [0.3, 0.4) is 0 Å². The predicted octanol–water partition coefficient (Wildman–Crippen LogP) is 2.77. The van der Waals surface area contributed by atoms with Gasteiger partial charge < -0.3 is 10.6 Å². The molecule has 1 aromatic carbocycles. The molecule has 2 rings (SSSR count). The largest absolute Gasteiger partial charge is 0.344 e. The van der Waals surface area contributed by atoms with Crippen molar-refractivity contribution in [2.75, 3.05) is 5.32 Å². The van der Waals surface area contributed by atoms with E-state index in [0.29, 0.717) is 11.3 Å². The van der Waals surface area contributed by atoms with E-state index in [-0.39, 0.29) is 23.5 Å². The van der Waals surface area contributed by atoms with E-state index in [1.54, 1.807) is 19.1 Å². The Morgan fingerprint density at radius 2 is 1.95 bits per heavy atom. The van der Waals surface area contributed by atoms with Gasteiger partial charge in [0.15, 0.2) is 0 Å². The van der Waals surface area contributed by atoms with Gasteiger partial charge in [0.25, 0.3) is 0 Å². The van der Waals surface area contributed by atoms with Crippen LogP contribution < -0.4 is 10.6 Å². The molecule has 0 heterocycles. The molecule has 1 atom stereocenters. The van der Waals surface area contributed by atoms with E-state index >= 15 is 0 Å². The van der Waals surface area contributed by atoms with Gasteiger partial charge in [-0.25, -0.2) is 4.39 Å². The lowest BCUT2D eigenvalue weighted by Gasteiger charge is -2.23. The number of nitrogens with one attached hydrogen (secondary N) is 2. The van der Waals surface area contributed by atoms with Crippen molar-refractivity contribution in [2.45, 2.75) is 45.6 Å². The molecule has 114 valence electrons. The zero-order valence-corrected chi connectivity index (χ0v) is 12.4. The van der Waals surface area contributed by atoms with E-state index in [9.17, 15) is 14.0 Å². The van der Waals surface area contributed by atoms with E-state index < -0.39 is 6.04 Å². The predicted molar refractivity (Wildman–Crippen MR) is 79.3 cm³/mol. The number of carbonyl (C=O) groups is 2. The lowest BCUT2D eigenvalue weighted by molar-refractivity contribution is -0.126. The zero-order valence-electron chi connectivity index (χ0n) is 12.4. The Morgan fingerprint density at radius 1 is 1.29 bits per heavy atom. The van der Waals surface area contributed by atoms with Crippen LogP contribution in [0.2, 0.25) is 0 Å². The van der Waals surface area contributed by atoms with E-state index in [2.05, 4.69) is 10.6 Å². The zero-order chi connectivity index (χ0) is 15.4. The van der Waals surface area contributed by atoms with Crippen LogP contribution in [0.15, 0.2) is 18.2 Å². The van der Waals surface area contributed by atoms with Crippen molar-refractivity contribution in [2.24, 2.45) is 5.92 Å². The molecular formula is C16H21FN2O2. The average molecular weight is 292 g/mol. The molecule has 1 aliphatic carbocycles. The Bertz CT molecular complexity index is 539. The molecule has 1 aliphatic rings. The van der Waals surface area contributed by atoms with Crippen molar-refractivity contribution >= 4 is 17.5 Å². The molecule has 1 unspecified atom stereocenters. The highest BCUT2D eigenvalue weighted by molar-refractivity contribution is 5.97. The van der Waals surface area contributed by atoms with Crippen molar-refractivity contribution < 1.29 is 14.0 Å². The lowest BCUT2D eigenvalue weighted by atomic mass is 9.97. The summed E-state index contributed by atoms with van der Waals surface area (Å²) in [6.07, 6.45) is 4.02. The summed E-state index contributed by atoms with van der Waals surface area (Å²) in [5.41, 5.74) is 0.943. The Labute approximate surface area is 124 Å². The third-order valence-electron chi connectivity index (χ3n) is 3.95. The number of aryl methyl sites for hydroxylation is 1. The van der Waals surface area contributed by atoms with Gasteiger partial charge in [-0.05, 0) is 43.4 Å². The van der Waals surface area contributed by atoms with Gasteiger partial charge in [-0.3, -0.25) is 9.59 Å². The number of halogens is 1.